The summed E-state index contributed by atoms with van der Waals surface area (Å²) in [5.74, 6) is -1.69. The van der Waals surface area contributed by atoms with Crippen molar-refractivity contribution in [3.63, 3.8) is 0 Å². The lowest BCUT2D eigenvalue weighted by Crippen LogP contribution is -2.48. The Hall–Kier alpha value is -5.84. The van der Waals surface area contributed by atoms with Crippen LogP contribution in [0.3, 0.4) is 0 Å². The highest BCUT2D eigenvalue weighted by atomic mass is 31.2. The van der Waals surface area contributed by atoms with Gasteiger partial charge in [-0.05, 0) is 66.3 Å². The molecule has 3 amide bonds. The third-order valence-corrected chi connectivity index (χ3v) is 21.0. The van der Waals surface area contributed by atoms with Gasteiger partial charge in [0.25, 0.3) is 0 Å². The van der Waals surface area contributed by atoms with E-state index in [4.69, 9.17) is 36.6 Å². The number of esters is 1. The third-order valence-electron chi connectivity index (χ3n) is 18.3. The Bertz CT molecular complexity index is 2950. The maximum Gasteiger partial charge on any atom is 0.475 e. The van der Waals surface area contributed by atoms with E-state index >= 15 is 0 Å². The van der Waals surface area contributed by atoms with Gasteiger partial charge >= 0.3 is 21.6 Å². The largest absolute Gasteiger partial charge is 0.475 e. The first kappa shape index (κ1) is 87.8. The highest BCUT2D eigenvalue weighted by Crippen LogP contribution is 2.52. The lowest BCUT2D eigenvalue weighted by Gasteiger charge is -2.25. The molecule has 0 aliphatic rings. The molecule has 0 aromatic heterocycles. The van der Waals surface area contributed by atoms with Crippen molar-refractivity contribution < 1.29 is 64.9 Å². The van der Waals surface area contributed by atoms with E-state index in [0.29, 0.717) is 25.9 Å². The molecule has 0 radical (unpaired) electrons. The number of carbonyl (C=O) groups excluding carboxylic acids is 4. The first-order valence-corrected chi connectivity index (χ1v) is 42.2. The molecule has 17 nitrogen and oxygen atoms in total. The summed E-state index contributed by atoms with van der Waals surface area (Å²) in [7, 11) is -8.61. The Morgan fingerprint density at radius 2 is 0.709 bits per heavy atom. The summed E-state index contributed by atoms with van der Waals surface area (Å²) < 4.78 is 78.0. The fourth-order valence-corrected chi connectivity index (χ4v) is 14.5. The molecule has 0 spiro atoms. The van der Waals surface area contributed by atoms with Crippen LogP contribution in [0.15, 0.2) is 152 Å². The molecule has 3 N–H and O–H groups in total. The van der Waals surface area contributed by atoms with Gasteiger partial charge in [0.05, 0.1) is 71.2 Å². The van der Waals surface area contributed by atoms with Crippen molar-refractivity contribution in [3.8, 4) is 0 Å². The number of carbonyl (C=O) groups is 4. The van der Waals surface area contributed by atoms with Crippen LogP contribution in [0, 0.1) is 0 Å². The molecule has 5 aromatic carbocycles. The van der Waals surface area contributed by atoms with E-state index in [2.05, 4.69) is 36.7 Å². The summed E-state index contributed by atoms with van der Waals surface area (Å²) in [6.07, 6.45) is 31.0. The van der Waals surface area contributed by atoms with E-state index in [0.717, 1.165) is 92.0 Å². The fourth-order valence-electron chi connectivity index (χ4n) is 12.1. The van der Waals surface area contributed by atoms with Crippen LogP contribution >= 0.6 is 15.6 Å². The Kier molecular flexibility index (Phi) is 48.1. The zero-order chi connectivity index (χ0) is 73.4. The molecule has 0 bridgehead atoms. The Balaban J connectivity index is 1.35. The highest BCUT2D eigenvalue weighted by molar-refractivity contribution is 7.48. The first-order chi connectivity index (χ1) is 50.4. The van der Waals surface area contributed by atoms with Gasteiger partial charge < -0.3 is 25.4 Å². The molecule has 0 unspecified atom stereocenters. The number of phosphoric ester groups is 2. The summed E-state index contributed by atoms with van der Waals surface area (Å²) in [4.78, 5) is 57.1. The monoisotopic (exact) mass is 1460 g/mol. The minimum absolute atomic E-state index is 0.0628. The first-order valence-electron chi connectivity index (χ1n) is 39.3. The van der Waals surface area contributed by atoms with E-state index in [1.807, 2.05) is 152 Å². The molecular weight excluding hydrogens is 1340 g/mol. The fraction of sp³-hybridized carbons (Fsp3) is 0.595. The van der Waals surface area contributed by atoms with Gasteiger partial charge in [-0.15, -0.1) is 0 Å². The number of ether oxygens (including phenoxy) is 2. The van der Waals surface area contributed by atoms with Crippen LogP contribution in [0.4, 0.5) is 0 Å². The molecule has 0 aliphatic heterocycles. The second kappa shape index (κ2) is 56.5. The van der Waals surface area contributed by atoms with Gasteiger partial charge in [-0.25, -0.2) is 9.13 Å². The van der Waals surface area contributed by atoms with Crippen LogP contribution in [-0.2, 0) is 98.0 Å². The van der Waals surface area contributed by atoms with Crippen LogP contribution in [0.5, 0.6) is 0 Å². The summed E-state index contributed by atoms with van der Waals surface area (Å²) in [6.45, 7) is 6.17. The standard InChI is InChI=1S/C84H127N3O14P2/c1-4-7-10-13-16-19-22-25-43-58-78(94-66-72-47-33-28-34-48-72)64-81(88)86-77(71-100-103(93,98-69-75-53-39-31-40-54-75)99-70-76-55-41-32-42-56-76)57-46-62-85-84(91)80(61-63-95-102(92,96-67-73-49-35-29-36-50-73)97-68-74-51-37-30-38-52-74)87-82(89)65-79(59-44-26-23-20-17-14-11-8-5-2)101-83(90)60-45-27-24-21-18-15-12-9-6-3/h28-42,47-56,77-80H,4-27,43-46,57-71H2,1-3H3,(H,85,91)(H,86,88)(H,87,89)/t77-,78-,79-,80+/m1/s1. The van der Waals surface area contributed by atoms with Gasteiger partial charge in [0.1, 0.15) is 12.1 Å². The number of hydrogen-bond donors (Lipinski definition) is 3. The van der Waals surface area contributed by atoms with E-state index in [1.54, 1.807) is 0 Å². The molecule has 0 aliphatic carbocycles. The molecule has 572 valence electrons. The van der Waals surface area contributed by atoms with E-state index in [1.165, 1.54) is 103 Å². The molecule has 0 fully saturated rings. The maximum absolute atomic E-state index is 14.7. The molecule has 5 rings (SSSR count). The number of benzene rings is 5. The van der Waals surface area contributed by atoms with Crippen LogP contribution < -0.4 is 16.0 Å². The molecule has 0 saturated carbocycles. The number of rotatable bonds is 64. The minimum Gasteiger partial charge on any atom is -0.462 e. The lowest BCUT2D eigenvalue weighted by atomic mass is 10.0. The van der Waals surface area contributed by atoms with Crippen molar-refractivity contribution in [1.29, 1.82) is 0 Å². The second-order valence-electron chi connectivity index (χ2n) is 27.4. The summed E-state index contributed by atoms with van der Waals surface area (Å²) in [5, 5.41) is 9.10. The van der Waals surface area contributed by atoms with Gasteiger partial charge in [0.2, 0.25) is 17.7 Å². The van der Waals surface area contributed by atoms with Gasteiger partial charge in [-0.3, -0.25) is 46.3 Å². The summed E-state index contributed by atoms with van der Waals surface area (Å²) in [5.41, 5.74) is 3.98. The predicted molar refractivity (Wildman–Crippen MR) is 412 cm³/mol. The van der Waals surface area contributed by atoms with E-state index < -0.39 is 51.8 Å². The van der Waals surface area contributed by atoms with Crippen molar-refractivity contribution in [3.05, 3.63) is 179 Å². The van der Waals surface area contributed by atoms with Crippen LogP contribution in [-0.4, -0.2) is 67.7 Å². The van der Waals surface area contributed by atoms with Crippen molar-refractivity contribution in [2.45, 2.75) is 303 Å². The van der Waals surface area contributed by atoms with E-state index in [-0.39, 0.29) is 96.6 Å². The van der Waals surface area contributed by atoms with Crippen LogP contribution in [0.1, 0.15) is 273 Å². The van der Waals surface area contributed by atoms with Crippen LogP contribution in [0.2, 0.25) is 0 Å². The zero-order valence-electron chi connectivity index (χ0n) is 62.8. The lowest BCUT2D eigenvalue weighted by molar-refractivity contribution is -0.151. The topological polar surface area (TPSA) is 212 Å². The van der Waals surface area contributed by atoms with E-state index in [9.17, 15) is 28.3 Å². The Morgan fingerprint density at radius 3 is 1.13 bits per heavy atom. The molecule has 0 heterocycles. The second-order valence-corrected chi connectivity index (χ2v) is 30.8. The van der Waals surface area contributed by atoms with Gasteiger partial charge in [0, 0.05) is 19.4 Å². The highest BCUT2D eigenvalue weighted by Gasteiger charge is 2.32. The zero-order valence-corrected chi connectivity index (χ0v) is 64.5. The van der Waals surface area contributed by atoms with Crippen molar-refractivity contribution >= 4 is 39.3 Å². The Morgan fingerprint density at radius 1 is 0.359 bits per heavy atom. The SMILES string of the molecule is CCCCCCCCCCCC(=O)O[C@H](CCCCCCCCCCC)CC(=O)N[C@@H](CCOP(=O)(OCc1ccccc1)OCc1ccccc1)C(=O)NCCC[C@H](COP(=O)(OCc1ccccc1)OCc1ccccc1)NC(=O)C[C@@H](CCCCCCCCCCC)OCc1ccccc1. The maximum atomic E-state index is 14.7. The average molecular weight is 1460 g/mol. The molecule has 19 heteroatoms. The average Bonchev–Trinajstić information content (AvgIpc) is 0.877. The number of nitrogens with one attached hydrogen (secondary N) is 3. The molecule has 5 aromatic rings. The quantitative estimate of drug-likeness (QED) is 0.0188. The molecule has 4 atom stereocenters. The van der Waals surface area contributed by atoms with Gasteiger partial charge in [0.15, 0.2) is 0 Å². The predicted octanol–water partition coefficient (Wildman–Crippen LogP) is 21.4. The van der Waals surface area contributed by atoms with Crippen molar-refractivity contribution in [2.24, 2.45) is 0 Å². The Labute approximate surface area is 619 Å². The van der Waals surface area contributed by atoms with Crippen molar-refractivity contribution in [1.82, 2.24) is 16.0 Å². The number of hydrogen-bond acceptors (Lipinski definition) is 14. The minimum atomic E-state index is -4.31. The van der Waals surface area contributed by atoms with Crippen molar-refractivity contribution in [2.75, 3.05) is 19.8 Å². The number of unbranched alkanes of at least 4 members (excludes halogenated alkanes) is 24. The molecule has 0 saturated heterocycles. The van der Waals surface area contributed by atoms with Crippen LogP contribution in [0.25, 0.3) is 0 Å². The number of phosphoric acid groups is 2. The third kappa shape index (κ3) is 43.4. The number of amides is 3. The summed E-state index contributed by atoms with van der Waals surface area (Å²) in [6, 6.07) is 44.9. The normalized spacial score (nSPS) is 12.9. The summed E-state index contributed by atoms with van der Waals surface area (Å²) >= 11 is 0. The molecular formula is C84H127N3O14P2. The smallest absolute Gasteiger partial charge is 0.462 e. The molecule has 103 heavy (non-hydrogen) atoms. The van der Waals surface area contributed by atoms with Gasteiger partial charge in [-0.1, -0.05) is 333 Å². The van der Waals surface area contributed by atoms with Gasteiger partial charge in [-0.2, -0.15) is 0 Å².